The van der Waals surface area contributed by atoms with Crippen molar-refractivity contribution in [1.82, 2.24) is 4.98 Å². The Morgan fingerprint density at radius 3 is 2.90 bits per heavy atom. The van der Waals surface area contributed by atoms with Gasteiger partial charge in [0.1, 0.15) is 11.7 Å². The molecule has 3 aromatic rings. The van der Waals surface area contributed by atoms with Crippen LogP contribution in [0.3, 0.4) is 0 Å². The standard InChI is InChI=1S/C14H8ClN3O2/c15-8-5-10(17)14(18-7-8)20-13-9-3-1-2-4-11(9)19-12(13)6-16/h1-5,7H,17H2. The number of pyridine rings is 1. The van der Waals surface area contributed by atoms with Gasteiger partial charge in [0.05, 0.1) is 16.1 Å². The quantitative estimate of drug-likeness (QED) is 0.775. The Bertz CT molecular complexity index is 836. The van der Waals surface area contributed by atoms with Crippen molar-refractivity contribution in [2.45, 2.75) is 0 Å². The van der Waals surface area contributed by atoms with Crippen LogP contribution < -0.4 is 10.5 Å². The predicted molar refractivity (Wildman–Crippen MR) is 74.7 cm³/mol. The van der Waals surface area contributed by atoms with Gasteiger partial charge in [0, 0.05) is 6.20 Å². The maximum Gasteiger partial charge on any atom is 0.247 e. The number of para-hydroxylation sites is 1. The number of hydrogen-bond acceptors (Lipinski definition) is 5. The second-order valence-corrected chi connectivity index (χ2v) is 4.45. The summed E-state index contributed by atoms with van der Waals surface area (Å²) >= 11 is 5.78. The van der Waals surface area contributed by atoms with Crippen LogP contribution in [-0.2, 0) is 0 Å². The maximum absolute atomic E-state index is 9.11. The van der Waals surface area contributed by atoms with E-state index in [1.165, 1.54) is 12.3 Å². The molecular formula is C14H8ClN3O2. The van der Waals surface area contributed by atoms with Crippen molar-refractivity contribution in [3.05, 3.63) is 47.3 Å². The Balaban J connectivity index is 2.12. The molecule has 0 bridgehead atoms. The van der Waals surface area contributed by atoms with Crippen LogP contribution in [0.25, 0.3) is 11.0 Å². The number of anilines is 1. The van der Waals surface area contributed by atoms with Gasteiger partial charge in [-0.15, -0.1) is 0 Å². The molecule has 6 heteroatoms. The number of nitrogen functional groups attached to an aromatic ring is 1. The molecule has 0 aliphatic rings. The Kier molecular flexibility index (Phi) is 2.93. The Morgan fingerprint density at radius 1 is 1.35 bits per heavy atom. The summed E-state index contributed by atoms with van der Waals surface area (Å²) in [5.74, 6) is 0.546. The fraction of sp³-hybridized carbons (Fsp3) is 0. The lowest BCUT2D eigenvalue weighted by molar-refractivity contribution is 0.453. The molecule has 0 atom stereocenters. The number of nitrogens with zero attached hydrogens (tertiary/aromatic N) is 2. The molecule has 1 aromatic carbocycles. The zero-order valence-electron chi connectivity index (χ0n) is 10.1. The molecule has 2 aromatic heterocycles. The van der Waals surface area contributed by atoms with E-state index in [1.54, 1.807) is 12.1 Å². The van der Waals surface area contributed by atoms with E-state index in [4.69, 9.17) is 31.8 Å². The fourth-order valence-electron chi connectivity index (χ4n) is 1.82. The van der Waals surface area contributed by atoms with Crippen LogP contribution in [0.15, 0.2) is 40.9 Å². The van der Waals surface area contributed by atoms with Crippen LogP contribution in [0, 0.1) is 11.3 Å². The molecule has 2 N–H and O–H groups in total. The van der Waals surface area contributed by atoms with E-state index in [0.29, 0.717) is 21.7 Å². The normalized spacial score (nSPS) is 10.4. The summed E-state index contributed by atoms with van der Waals surface area (Å²) < 4.78 is 11.0. The minimum Gasteiger partial charge on any atom is -0.442 e. The molecule has 0 unspecified atom stereocenters. The van der Waals surface area contributed by atoms with Gasteiger partial charge in [-0.25, -0.2) is 4.98 Å². The molecule has 98 valence electrons. The molecule has 3 rings (SSSR count). The largest absolute Gasteiger partial charge is 0.442 e. The molecule has 20 heavy (non-hydrogen) atoms. The highest BCUT2D eigenvalue weighted by Gasteiger charge is 2.17. The average molecular weight is 286 g/mol. The maximum atomic E-state index is 9.11. The molecule has 0 saturated heterocycles. The van der Waals surface area contributed by atoms with Crippen molar-refractivity contribution in [2.75, 3.05) is 5.73 Å². The van der Waals surface area contributed by atoms with Crippen LogP contribution in [0.5, 0.6) is 11.6 Å². The zero-order chi connectivity index (χ0) is 14.1. The van der Waals surface area contributed by atoms with Gasteiger partial charge in [0.2, 0.25) is 11.6 Å². The summed E-state index contributed by atoms with van der Waals surface area (Å²) in [4.78, 5) is 4.00. The van der Waals surface area contributed by atoms with Crippen molar-refractivity contribution in [1.29, 1.82) is 5.26 Å². The highest BCUT2D eigenvalue weighted by atomic mass is 35.5. The number of fused-ring (bicyclic) bond motifs is 1. The number of aromatic nitrogens is 1. The SMILES string of the molecule is N#Cc1oc2ccccc2c1Oc1ncc(Cl)cc1N. The number of hydrogen-bond donors (Lipinski definition) is 1. The molecule has 0 radical (unpaired) electrons. The number of ether oxygens (including phenoxy) is 1. The van der Waals surface area contributed by atoms with Gasteiger partial charge in [-0.3, -0.25) is 0 Å². The summed E-state index contributed by atoms with van der Waals surface area (Å²) in [6.45, 7) is 0. The van der Waals surface area contributed by atoms with Crippen LogP contribution in [0.4, 0.5) is 5.69 Å². The first-order chi connectivity index (χ1) is 9.69. The van der Waals surface area contributed by atoms with Crippen LogP contribution in [0.1, 0.15) is 5.76 Å². The van der Waals surface area contributed by atoms with Crippen molar-refractivity contribution in [2.24, 2.45) is 0 Å². The highest BCUT2D eigenvalue weighted by Crippen LogP contribution is 2.37. The summed E-state index contributed by atoms with van der Waals surface area (Å²) in [5.41, 5.74) is 6.63. The average Bonchev–Trinajstić information content (AvgIpc) is 2.80. The smallest absolute Gasteiger partial charge is 0.247 e. The molecular weight excluding hydrogens is 278 g/mol. The monoisotopic (exact) mass is 285 g/mol. The van der Waals surface area contributed by atoms with Crippen LogP contribution in [0.2, 0.25) is 5.02 Å². The highest BCUT2D eigenvalue weighted by molar-refractivity contribution is 6.30. The van der Waals surface area contributed by atoms with Crippen molar-refractivity contribution < 1.29 is 9.15 Å². The van der Waals surface area contributed by atoms with E-state index >= 15 is 0 Å². The van der Waals surface area contributed by atoms with Crippen molar-refractivity contribution >= 4 is 28.3 Å². The van der Waals surface area contributed by atoms with E-state index in [2.05, 4.69) is 4.98 Å². The minimum atomic E-state index is 0.0716. The molecule has 0 amide bonds. The van der Waals surface area contributed by atoms with Crippen LogP contribution in [-0.4, -0.2) is 4.98 Å². The van der Waals surface area contributed by atoms with Crippen LogP contribution >= 0.6 is 11.6 Å². The van der Waals surface area contributed by atoms with Gasteiger partial charge in [-0.1, -0.05) is 23.7 Å². The minimum absolute atomic E-state index is 0.0716. The van der Waals surface area contributed by atoms with Gasteiger partial charge in [-0.05, 0) is 18.2 Å². The van der Waals surface area contributed by atoms with E-state index in [9.17, 15) is 0 Å². The molecule has 0 aliphatic heterocycles. The number of rotatable bonds is 2. The predicted octanol–water partition coefficient (Wildman–Crippen LogP) is 3.73. The molecule has 0 aliphatic carbocycles. The lowest BCUT2D eigenvalue weighted by atomic mass is 10.2. The zero-order valence-corrected chi connectivity index (χ0v) is 10.9. The summed E-state index contributed by atoms with van der Waals surface area (Å²) in [6, 6.07) is 10.7. The first kappa shape index (κ1) is 12.3. The lowest BCUT2D eigenvalue weighted by Crippen LogP contribution is -1.95. The number of nitriles is 1. The first-order valence-corrected chi connectivity index (χ1v) is 6.07. The summed E-state index contributed by atoms with van der Waals surface area (Å²) in [6.07, 6.45) is 1.42. The third kappa shape index (κ3) is 2.02. The van der Waals surface area contributed by atoms with E-state index in [-0.39, 0.29) is 17.3 Å². The first-order valence-electron chi connectivity index (χ1n) is 5.69. The van der Waals surface area contributed by atoms with Gasteiger partial charge in [0.25, 0.3) is 0 Å². The Hall–Kier alpha value is -2.71. The second kappa shape index (κ2) is 4.76. The summed E-state index contributed by atoms with van der Waals surface area (Å²) in [7, 11) is 0. The topological polar surface area (TPSA) is 85.1 Å². The van der Waals surface area contributed by atoms with Crippen molar-refractivity contribution in [3.8, 4) is 17.7 Å². The Morgan fingerprint density at radius 2 is 2.15 bits per heavy atom. The number of nitrogens with two attached hydrogens (primary N) is 1. The summed E-state index contributed by atoms with van der Waals surface area (Å²) in [5, 5.41) is 10.2. The fourth-order valence-corrected chi connectivity index (χ4v) is 1.99. The molecule has 2 heterocycles. The molecule has 0 spiro atoms. The van der Waals surface area contributed by atoms with Gasteiger partial charge in [-0.2, -0.15) is 5.26 Å². The van der Waals surface area contributed by atoms with E-state index in [0.717, 1.165) is 0 Å². The molecule has 0 fully saturated rings. The number of benzene rings is 1. The number of furan rings is 1. The molecule has 0 saturated carbocycles. The Labute approximate surface area is 119 Å². The molecule has 5 nitrogen and oxygen atoms in total. The third-order valence-corrected chi connectivity index (χ3v) is 2.90. The van der Waals surface area contributed by atoms with E-state index in [1.807, 2.05) is 18.2 Å². The van der Waals surface area contributed by atoms with Crippen molar-refractivity contribution in [3.63, 3.8) is 0 Å². The van der Waals surface area contributed by atoms with Gasteiger partial charge < -0.3 is 14.9 Å². The number of halogens is 1. The van der Waals surface area contributed by atoms with E-state index < -0.39 is 0 Å². The lowest BCUT2D eigenvalue weighted by Gasteiger charge is -2.06. The third-order valence-electron chi connectivity index (χ3n) is 2.70. The van der Waals surface area contributed by atoms with Gasteiger partial charge >= 0.3 is 0 Å². The second-order valence-electron chi connectivity index (χ2n) is 4.02. The van der Waals surface area contributed by atoms with Gasteiger partial charge in [0.15, 0.2) is 5.75 Å².